The third-order valence-electron chi connectivity index (χ3n) is 5.55. The molecule has 0 saturated heterocycles. The van der Waals surface area contributed by atoms with Gasteiger partial charge in [-0.05, 0) is 48.7 Å². The van der Waals surface area contributed by atoms with E-state index in [0.717, 1.165) is 12.1 Å². The Morgan fingerprint density at radius 3 is 2.27 bits per heavy atom. The average molecular weight is 490 g/mol. The molecule has 0 heterocycles. The standard InChI is InChI=1S/C21H19F5N2O4S/c1-10(11-7-15(22)17(16(23)8-11)19(30)32-33-27)28-18(29)14-9-20(14,2)12-3-5-13(6-4-12)31-21(24,25)26/h3-8,10,14H,9,27H2,1-2H3,(H,28,29)/t10-,14-,20-/m1/s1. The maximum absolute atomic E-state index is 14.2. The van der Waals surface area contributed by atoms with Gasteiger partial charge in [-0.25, -0.2) is 18.7 Å². The van der Waals surface area contributed by atoms with E-state index in [9.17, 15) is 31.5 Å². The highest BCUT2D eigenvalue weighted by Gasteiger charge is 2.55. The van der Waals surface area contributed by atoms with Crippen molar-refractivity contribution in [1.29, 1.82) is 0 Å². The van der Waals surface area contributed by atoms with Crippen molar-refractivity contribution in [2.24, 2.45) is 11.1 Å². The van der Waals surface area contributed by atoms with Gasteiger partial charge in [0.25, 0.3) is 0 Å². The number of amides is 1. The maximum Gasteiger partial charge on any atom is 0.573 e. The Morgan fingerprint density at radius 1 is 1.18 bits per heavy atom. The van der Waals surface area contributed by atoms with Crippen LogP contribution in [0.2, 0.25) is 0 Å². The number of rotatable bonds is 7. The van der Waals surface area contributed by atoms with Crippen molar-refractivity contribution in [3.63, 3.8) is 0 Å². The molecular formula is C21H19F5N2O4S. The van der Waals surface area contributed by atoms with E-state index in [0.29, 0.717) is 12.0 Å². The van der Waals surface area contributed by atoms with Crippen LogP contribution in [0.15, 0.2) is 36.4 Å². The highest BCUT2D eigenvalue weighted by molar-refractivity contribution is 7.92. The van der Waals surface area contributed by atoms with Gasteiger partial charge in [-0.1, -0.05) is 19.1 Å². The number of carbonyl (C=O) groups is 2. The summed E-state index contributed by atoms with van der Waals surface area (Å²) in [4.78, 5) is 24.3. The molecule has 33 heavy (non-hydrogen) atoms. The predicted octanol–water partition coefficient (Wildman–Crippen LogP) is 4.70. The zero-order valence-corrected chi connectivity index (χ0v) is 18.2. The van der Waals surface area contributed by atoms with Gasteiger partial charge in [0.05, 0.1) is 6.04 Å². The molecule has 3 N–H and O–H groups in total. The Kier molecular flexibility index (Phi) is 6.89. The van der Waals surface area contributed by atoms with E-state index < -0.39 is 46.9 Å². The molecule has 12 heteroatoms. The summed E-state index contributed by atoms with van der Waals surface area (Å²) in [6.45, 7) is 3.31. The minimum absolute atomic E-state index is 0.0892. The summed E-state index contributed by atoms with van der Waals surface area (Å²) in [5.41, 5.74) is -0.762. The number of halogens is 5. The van der Waals surface area contributed by atoms with Crippen LogP contribution in [0.25, 0.3) is 0 Å². The van der Waals surface area contributed by atoms with E-state index in [1.807, 2.05) is 0 Å². The normalized spacial score (nSPS) is 20.7. The van der Waals surface area contributed by atoms with Gasteiger partial charge in [0.1, 0.15) is 35.2 Å². The van der Waals surface area contributed by atoms with Crippen LogP contribution in [0.3, 0.4) is 0 Å². The van der Waals surface area contributed by atoms with Crippen LogP contribution in [-0.4, -0.2) is 18.2 Å². The van der Waals surface area contributed by atoms with Crippen LogP contribution >= 0.6 is 12.2 Å². The monoisotopic (exact) mass is 490 g/mol. The molecule has 1 aliphatic carbocycles. The van der Waals surface area contributed by atoms with Crippen LogP contribution in [-0.2, 0) is 14.4 Å². The molecule has 3 rings (SSSR count). The summed E-state index contributed by atoms with van der Waals surface area (Å²) >= 11 is 0.155. The predicted molar refractivity (Wildman–Crippen MR) is 109 cm³/mol. The van der Waals surface area contributed by atoms with Crippen LogP contribution in [0.5, 0.6) is 5.75 Å². The molecule has 2 aromatic rings. The largest absolute Gasteiger partial charge is 0.573 e. The topological polar surface area (TPSA) is 90.6 Å². The lowest BCUT2D eigenvalue weighted by molar-refractivity contribution is -0.274. The van der Waals surface area contributed by atoms with Crippen molar-refractivity contribution < 1.29 is 40.5 Å². The lowest BCUT2D eigenvalue weighted by Gasteiger charge is -2.18. The van der Waals surface area contributed by atoms with Gasteiger partial charge < -0.3 is 14.2 Å². The molecule has 1 amide bonds. The molecule has 1 fully saturated rings. The summed E-state index contributed by atoms with van der Waals surface area (Å²) in [6.07, 6.45) is -4.36. The SMILES string of the molecule is C[C@@H](NC(=O)[C@H]1C[C@]1(C)c1ccc(OC(F)(F)F)cc1)c1cc(F)c(C(=O)OSN)c(F)c1. The molecule has 0 spiro atoms. The highest BCUT2D eigenvalue weighted by Crippen LogP contribution is 2.54. The quantitative estimate of drug-likeness (QED) is 0.332. The van der Waals surface area contributed by atoms with Crippen LogP contribution in [0, 0.1) is 17.6 Å². The van der Waals surface area contributed by atoms with Crippen molar-refractivity contribution in [2.75, 3.05) is 0 Å². The van der Waals surface area contributed by atoms with E-state index in [4.69, 9.17) is 5.14 Å². The summed E-state index contributed by atoms with van der Waals surface area (Å²) in [5, 5.41) is 7.63. The fraction of sp³-hybridized carbons (Fsp3) is 0.333. The molecule has 0 aliphatic heterocycles. The Morgan fingerprint density at radius 2 is 1.76 bits per heavy atom. The summed E-state index contributed by atoms with van der Waals surface area (Å²) in [5.74, 6) is -4.85. The molecule has 2 aromatic carbocycles. The second kappa shape index (κ2) is 9.18. The number of alkyl halides is 3. The third-order valence-corrected chi connectivity index (χ3v) is 5.80. The van der Waals surface area contributed by atoms with Gasteiger partial charge >= 0.3 is 12.3 Å². The highest BCUT2D eigenvalue weighted by atomic mass is 32.2. The van der Waals surface area contributed by atoms with Crippen molar-refractivity contribution in [1.82, 2.24) is 5.32 Å². The second-order valence-corrected chi connectivity index (χ2v) is 8.16. The third kappa shape index (κ3) is 5.56. The zero-order valence-electron chi connectivity index (χ0n) is 17.3. The maximum atomic E-state index is 14.2. The first-order chi connectivity index (χ1) is 15.4. The number of carbonyl (C=O) groups excluding carboxylic acids is 2. The smallest absolute Gasteiger partial charge is 0.406 e. The number of nitrogens with two attached hydrogens (primary N) is 1. The minimum atomic E-state index is -4.80. The van der Waals surface area contributed by atoms with E-state index >= 15 is 0 Å². The molecule has 1 aliphatic rings. The van der Waals surface area contributed by atoms with Crippen LogP contribution in [0.4, 0.5) is 22.0 Å². The van der Waals surface area contributed by atoms with Gasteiger partial charge in [0, 0.05) is 11.3 Å². The van der Waals surface area contributed by atoms with Gasteiger partial charge in [0.15, 0.2) is 0 Å². The molecule has 178 valence electrons. The van der Waals surface area contributed by atoms with Gasteiger partial charge in [0.2, 0.25) is 5.91 Å². The first-order valence-corrected chi connectivity index (χ1v) is 10.4. The second-order valence-electron chi connectivity index (χ2n) is 7.80. The van der Waals surface area contributed by atoms with E-state index in [1.165, 1.54) is 31.2 Å². The Labute approximate surface area is 190 Å². The summed E-state index contributed by atoms with van der Waals surface area (Å²) < 4.78 is 73.6. The fourth-order valence-corrected chi connectivity index (χ4v) is 3.79. The molecule has 0 unspecified atom stereocenters. The molecular weight excluding hydrogens is 471 g/mol. The van der Waals surface area contributed by atoms with Crippen molar-refractivity contribution in [3.05, 3.63) is 64.7 Å². The van der Waals surface area contributed by atoms with Gasteiger partial charge in [-0.3, -0.25) is 4.79 Å². The zero-order chi connectivity index (χ0) is 24.6. The van der Waals surface area contributed by atoms with Crippen molar-refractivity contribution in [3.8, 4) is 5.75 Å². The van der Waals surface area contributed by atoms with Crippen LogP contribution < -0.4 is 15.2 Å². The van der Waals surface area contributed by atoms with Gasteiger partial charge in [-0.15, -0.1) is 13.2 Å². The molecule has 6 nitrogen and oxygen atoms in total. The minimum Gasteiger partial charge on any atom is -0.406 e. The molecule has 3 atom stereocenters. The van der Waals surface area contributed by atoms with E-state index in [1.54, 1.807) is 6.92 Å². The molecule has 0 aromatic heterocycles. The van der Waals surface area contributed by atoms with Gasteiger partial charge in [-0.2, -0.15) is 0 Å². The summed E-state index contributed by atoms with van der Waals surface area (Å²) in [6, 6.07) is 6.30. The van der Waals surface area contributed by atoms with E-state index in [-0.39, 0.29) is 29.4 Å². The number of hydrogen-bond donors (Lipinski definition) is 2. The van der Waals surface area contributed by atoms with Crippen molar-refractivity contribution in [2.45, 2.75) is 38.1 Å². The first kappa shape index (κ1) is 24.8. The molecule has 1 saturated carbocycles. The number of hydrogen-bond acceptors (Lipinski definition) is 6. The summed E-state index contributed by atoms with van der Waals surface area (Å²) in [7, 11) is 0. The number of nitrogens with one attached hydrogen (secondary N) is 1. The van der Waals surface area contributed by atoms with Crippen LogP contribution in [0.1, 0.15) is 47.8 Å². The molecule has 0 bridgehead atoms. The lowest BCUT2D eigenvalue weighted by Crippen LogP contribution is -2.30. The van der Waals surface area contributed by atoms with Crippen molar-refractivity contribution >= 4 is 24.1 Å². The average Bonchev–Trinajstić information content (AvgIpc) is 3.40. The molecule has 0 radical (unpaired) electrons. The lowest BCUT2D eigenvalue weighted by atomic mass is 9.95. The first-order valence-electron chi connectivity index (χ1n) is 9.59. The Bertz CT molecular complexity index is 1040. The Balaban J connectivity index is 1.67. The number of ether oxygens (including phenoxy) is 1. The number of benzene rings is 2. The van der Waals surface area contributed by atoms with E-state index in [2.05, 4.69) is 14.2 Å². The fourth-order valence-electron chi connectivity index (χ4n) is 3.62. The Hall–Kier alpha value is -2.86.